The molecule has 41 heavy (non-hydrogen) atoms. The summed E-state index contributed by atoms with van der Waals surface area (Å²) < 4.78 is 85.8. The van der Waals surface area contributed by atoms with Crippen LogP contribution in [0.4, 0.5) is 22.0 Å². The zero-order valence-electron chi connectivity index (χ0n) is 20.9. The van der Waals surface area contributed by atoms with E-state index in [0.29, 0.717) is 19.6 Å². The molecule has 0 spiro atoms. The molecule has 0 N–H and O–H groups in total. The second-order valence-electron chi connectivity index (χ2n) is 8.68. The van der Waals surface area contributed by atoms with Crippen LogP contribution in [0.5, 0.6) is 11.6 Å². The first kappa shape index (κ1) is 28.7. The molecule has 214 valence electrons. The number of ketones is 1. The van der Waals surface area contributed by atoms with Crippen molar-refractivity contribution in [2.75, 3.05) is 0 Å². The van der Waals surface area contributed by atoms with E-state index in [1.165, 1.54) is 42.9 Å². The van der Waals surface area contributed by atoms with Gasteiger partial charge in [0.15, 0.2) is 18.1 Å². The fourth-order valence-electron chi connectivity index (χ4n) is 3.98. The molecule has 0 radical (unpaired) electrons. The Hall–Kier alpha value is -3.85. The molecule has 5 aromatic rings. The lowest BCUT2D eigenvalue weighted by Crippen LogP contribution is -2.31. The lowest BCUT2D eigenvalue weighted by Gasteiger charge is -2.22. The van der Waals surface area contributed by atoms with Crippen LogP contribution < -0.4 is 9.47 Å². The number of furan rings is 1. The lowest BCUT2D eigenvalue weighted by atomic mass is 10.0. The third-order valence-corrected chi connectivity index (χ3v) is 7.99. The molecule has 15 heteroatoms. The number of Topliss-reactive ketones (excluding diaryl/α,β-unsaturated/α-hetero) is 1. The van der Waals surface area contributed by atoms with Gasteiger partial charge < -0.3 is 13.9 Å². The largest absolute Gasteiger partial charge is 0.487 e. The third-order valence-electron chi connectivity index (χ3n) is 5.82. The van der Waals surface area contributed by atoms with E-state index in [4.69, 9.17) is 13.9 Å². The Morgan fingerprint density at radius 2 is 1.95 bits per heavy atom. The smallest absolute Gasteiger partial charge is 0.408 e. The summed E-state index contributed by atoms with van der Waals surface area (Å²) in [5.74, 6) is -0.547. The van der Waals surface area contributed by atoms with Crippen molar-refractivity contribution in [3.8, 4) is 22.3 Å². The van der Waals surface area contributed by atoms with Gasteiger partial charge in [0.25, 0.3) is 6.01 Å². The van der Waals surface area contributed by atoms with E-state index in [1.807, 2.05) is 0 Å². The molecule has 8 nitrogen and oxygen atoms in total. The molecule has 4 heterocycles. The minimum atomic E-state index is -4.49. The predicted molar refractivity (Wildman–Crippen MR) is 141 cm³/mol. The van der Waals surface area contributed by atoms with Crippen LogP contribution in [-0.4, -0.2) is 37.8 Å². The van der Waals surface area contributed by atoms with Gasteiger partial charge in [0.05, 0.1) is 20.4 Å². The summed E-state index contributed by atoms with van der Waals surface area (Å²) in [6.45, 7) is -0.501. The van der Waals surface area contributed by atoms with Gasteiger partial charge in [0, 0.05) is 17.8 Å². The number of hydrogen-bond acceptors (Lipinski definition) is 8. The van der Waals surface area contributed by atoms with Crippen molar-refractivity contribution in [3.63, 3.8) is 0 Å². The summed E-state index contributed by atoms with van der Waals surface area (Å²) in [6, 6.07) is 9.04. The van der Waals surface area contributed by atoms with Crippen LogP contribution in [0.1, 0.15) is 24.4 Å². The van der Waals surface area contributed by atoms with Crippen LogP contribution in [0.25, 0.3) is 20.9 Å². The number of alkyl halides is 4. The van der Waals surface area contributed by atoms with Crippen molar-refractivity contribution in [1.82, 2.24) is 19.7 Å². The van der Waals surface area contributed by atoms with Gasteiger partial charge in [0.1, 0.15) is 35.8 Å². The average Bonchev–Trinajstić information content (AvgIpc) is 3.63. The molecular formula is C26H18BrF5N4O4S. The molecule has 0 aliphatic heterocycles. The Labute approximate surface area is 240 Å². The van der Waals surface area contributed by atoms with Crippen LogP contribution in [0, 0.1) is 6.01 Å². The standard InChI is InChI=1S/C26H18BrF5N4O4S/c1-13(37)22(40-24-19-20(27)23(17-6-7-18(28)39-17)41-25(19)34-12-33-24)21(29)15-4-2-3-5-16(15)38-10-14-8-9-35-36(14)11-26(30,31)32/h2-9,12,21-22H,10-11H2,1H3/t21-,22-/m0/s1. The van der Waals surface area contributed by atoms with E-state index in [2.05, 4.69) is 31.0 Å². The number of aromatic nitrogens is 4. The number of rotatable bonds is 10. The third kappa shape index (κ3) is 6.25. The number of carbonyl (C=O) groups excluding carboxylic acids is 1. The molecule has 2 atom stereocenters. The van der Waals surface area contributed by atoms with Crippen molar-refractivity contribution in [2.24, 2.45) is 0 Å². The summed E-state index contributed by atoms with van der Waals surface area (Å²) in [7, 11) is 0. The number of thiophene rings is 1. The molecule has 0 saturated heterocycles. The number of halogens is 6. The number of hydrogen-bond donors (Lipinski definition) is 0. The van der Waals surface area contributed by atoms with Crippen molar-refractivity contribution in [2.45, 2.75) is 38.5 Å². The molecule has 0 fully saturated rings. The highest BCUT2D eigenvalue weighted by Gasteiger charge is 2.34. The van der Waals surface area contributed by atoms with Gasteiger partial charge in [-0.15, -0.1) is 11.3 Å². The second kappa shape index (κ2) is 11.6. The minimum Gasteiger partial charge on any atom is -0.487 e. The van der Waals surface area contributed by atoms with Crippen molar-refractivity contribution >= 4 is 43.3 Å². The zero-order valence-corrected chi connectivity index (χ0v) is 23.3. The topological polar surface area (TPSA) is 92.3 Å². The fraction of sp³-hybridized carbons (Fsp3) is 0.231. The van der Waals surface area contributed by atoms with Gasteiger partial charge in [-0.25, -0.2) is 14.4 Å². The Morgan fingerprint density at radius 3 is 2.66 bits per heavy atom. The number of benzene rings is 1. The van der Waals surface area contributed by atoms with Gasteiger partial charge in [-0.3, -0.25) is 9.48 Å². The van der Waals surface area contributed by atoms with Gasteiger partial charge in [0.2, 0.25) is 5.88 Å². The minimum absolute atomic E-state index is 0.00119. The zero-order chi connectivity index (χ0) is 29.3. The lowest BCUT2D eigenvalue weighted by molar-refractivity contribution is -0.143. The Balaban J connectivity index is 1.41. The van der Waals surface area contributed by atoms with Crippen molar-refractivity contribution in [1.29, 1.82) is 0 Å². The van der Waals surface area contributed by atoms with E-state index in [0.717, 1.165) is 29.0 Å². The highest BCUT2D eigenvalue weighted by atomic mass is 79.9. The van der Waals surface area contributed by atoms with Crippen LogP contribution in [0.15, 0.2) is 63.9 Å². The summed E-state index contributed by atoms with van der Waals surface area (Å²) in [5, 5.41) is 3.99. The first-order chi connectivity index (χ1) is 19.5. The quantitative estimate of drug-likeness (QED) is 0.146. The van der Waals surface area contributed by atoms with Crippen LogP contribution in [-0.2, 0) is 17.9 Å². The van der Waals surface area contributed by atoms with Crippen molar-refractivity contribution < 1.29 is 40.6 Å². The van der Waals surface area contributed by atoms with Crippen LogP contribution in [0.2, 0.25) is 0 Å². The van der Waals surface area contributed by atoms with Gasteiger partial charge >= 0.3 is 6.18 Å². The first-order valence-electron chi connectivity index (χ1n) is 11.8. The Kier molecular flexibility index (Phi) is 8.09. The Morgan fingerprint density at radius 1 is 1.17 bits per heavy atom. The molecule has 0 aliphatic carbocycles. The Bertz CT molecular complexity index is 1700. The highest BCUT2D eigenvalue weighted by Crippen LogP contribution is 2.45. The number of para-hydroxylation sites is 1. The molecule has 0 amide bonds. The average molecular weight is 657 g/mol. The number of nitrogens with zero attached hydrogens (tertiary/aromatic N) is 4. The summed E-state index contributed by atoms with van der Waals surface area (Å²) in [4.78, 5) is 21.8. The summed E-state index contributed by atoms with van der Waals surface area (Å²) >= 11 is 4.57. The summed E-state index contributed by atoms with van der Waals surface area (Å²) in [6.07, 6.45) is -5.84. The second-order valence-corrected chi connectivity index (χ2v) is 10.5. The molecule has 0 saturated carbocycles. The first-order valence-corrected chi connectivity index (χ1v) is 13.4. The van der Waals surface area contributed by atoms with Crippen molar-refractivity contribution in [3.05, 3.63) is 76.7 Å². The SMILES string of the molecule is CC(=O)[C@H](Oc1ncnc2sc(-c3ccc(F)o3)c(Br)c12)[C@@H](F)c1ccccc1OCc1ccnn1CC(F)(F)F. The maximum Gasteiger partial charge on any atom is 0.408 e. The molecule has 0 aliphatic rings. The molecule has 0 bridgehead atoms. The molecule has 1 aromatic carbocycles. The van der Waals surface area contributed by atoms with E-state index in [-0.39, 0.29) is 35.3 Å². The number of ether oxygens (including phenoxy) is 2. The fourth-order valence-corrected chi connectivity index (χ4v) is 5.89. The monoisotopic (exact) mass is 656 g/mol. The maximum absolute atomic E-state index is 16.0. The normalized spacial score (nSPS) is 13.3. The molecule has 0 unspecified atom stereocenters. The molecule has 4 aromatic heterocycles. The van der Waals surface area contributed by atoms with Crippen LogP contribution in [0.3, 0.4) is 0 Å². The summed E-state index contributed by atoms with van der Waals surface area (Å²) in [5.41, 5.74) is 0.0563. The van der Waals surface area contributed by atoms with E-state index in [1.54, 1.807) is 6.07 Å². The highest BCUT2D eigenvalue weighted by molar-refractivity contribution is 9.10. The number of fused-ring (bicyclic) bond motifs is 1. The number of carbonyl (C=O) groups is 1. The van der Waals surface area contributed by atoms with Gasteiger partial charge in [-0.2, -0.15) is 22.7 Å². The van der Waals surface area contributed by atoms with E-state index in [9.17, 15) is 22.4 Å². The maximum atomic E-state index is 16.0. The van der Waals surface area contributed by atoms with E-state index < -0.39 is 36.8 Å². The predicted octanol–water partition coefficient (Wildman–Crippen LogP) is 7.24. The molecular weight excluding hydrogens is 639 g/mol. The molecule has 5 rings (SSSR count). The van der Waals surface area contributed by atoms with Crippen LogP contribution >= 0.6 is 27.3 Å². The van der Waals surface area contributed by atoms with Gasteiger partial charge in [-0.05, 0) is 41.1 Å². The van der Waals surface area contributed by atoms with E-state index >= 15 is 4.39 Å². The van der Waals surface area contributed by atoms with Gasteiger partial charge in [-0.1, -0.05) is 18.2 Å².